The average Bonchev–Trinajstić information content (AvgIpc) is 3.07. The van der Waals surface area contributed by atoms with E-state index in [0.717, 1.165) is 0 Å². The lowest BCUT2D eigenvalue weighted by Crippen LogP contribution is -2.34. The van der Waals surface area contributed by atoms with Gasteiger partial charge in [-0.15, -0.1) is 0 Å². The molecule has 0 saturated carbocycles. The summed E-state index contributed by atoms with van der Waals surface area (Å²) in [6.45, 7) is 0.102. The van der Waals surface area contributed by atoms with Gasteiger partial charge in [0, 0.05) is 13.0 Å². The Morgan fingerprint density at radius 2 is 1.95 bits per heavy atom. The molecule has 0 unspecified atom stereocenters. The number of fused-ring (bicyclic) bond motifs is 1. The normalized spacial score (nSPS) is 24.3. The van der Waals surface area contributed by atoms with Crippen molar-refractivity contribution in [2.45, 2.75) is 19.3 Å². The van der Waals surface area contributed by atoms with E-state index in [9.17, 15) is 14.4 Å². The van der Waals surface area contributed by atoms with Crippen LogP contribution in [0.25, 0.3) is 0 Å². The van der Waals surface area contributed by atoms with Crippen LogP contribution in [0.5, 0.6) is 0 Å². The number of rotatable bonds is 4. The Balaban J connectivity index is 1.57. The summed E-state index contributed by atoms with van der Waals surface area (Å²) in [4.78, 5) is 41.1. The highest BCUT2D eigenvalue weighted by Gasteiger charge is 2.46. The summed E-state index contributed by atoms with van der Waals surface area (Å²) in [5, 5.41) is 8.62. The molecule has 21 heavy (non-hydrogen) atoms. The molecule has 0 bridgehead atoms. The Labute approximate surface area is 120 Å². The molecule has 2 aliphatic rings. The minimum Gasteiger partial charge on any atom is -0.295 e. The number of nitrogens with one attached hydrogen (secondary N) is 2. The Morgan fingerprint density at radius 3 is 2.52 bits per heavy atom. The van der Waals surface area contributed by atoms with E-state index in [0.29, 0.717) is 12.8 Å². The van der Waals surface area contributed by atoms with E-state index in [4.69, 9.17) is 0 Å². The third-order valence-corrected chi connectivity index (χ3v) is 3.83. The highest BCUT2D eigenvalue weighted by Crippen LogP contribution is 2.34. The van der Waals surface area contributed by atoms with Gasteiger partial charge in [0.1, 0.15) is 6.33 Å². The summed E-state index contributed by atoms with van der Waals surface area (Å²) in [6, 6.07) is 0. The molecular formula is C13H15N5O3. The zero-order valence-corrected chi connectivity index (χ0v) is 11.3. The molecular weight excluding hydrogens is 274 g/mol. The molecule has 1 aromatic heterocycles. The Kier molecular flexibility index (Phi) is 3.51. The van der Waals surface area contributed by atoms with Crippen LogP contribution < -0.4 is 5.32 Å². The smallest absolute Gasteiger partial charge is 0.233 e. The standard InChI is InChI=1S/C13H15N5O3/c19-10(16-13-14-7-15-17-13)5-6-18-11(20)8-3-1-2-4-9(8)12(18)21/h1-2,7-9H,3-6H2,(H2,14,15,16,17,19)/t8-,9-/m0/s1. The zero-order chi connectivity index (χ0) is 14.8. The number of hydrogen-bond donors (Lipinski definition) is 2. The van der Waals surface area contributed by atoms with Crippen LogP contribution in [-0.2, 0) is 14.4 Å². The highest BCUT2D eigenvalue weighted by atomic mass is 16.2. The number of aromatic amines is 1. The molecule has 2 N–H and O–H groups in total. The zero-order valence-electron chi connectivity index (χ0n) is 11.3. The maximum atomic E-state index is 12.2. The van der Waals surface area contributed by atoms with Crippen molar-refractivity contribution in [3.8, 4) is 0 Å². The fourth-order valence-electron chi connectivity index (χ4n) is 2.76. The molecule has 0 spiro atoms. The molecule has 0 aromatic carbocycles. The Morgan fingerprint density at radius 1 is 1.29 bits per heavy atom. The topological polar surface area (TPSA) is 108 Å². The van der Waals surface area contributed by atoms with Crippen molar-refractivity contribution < 1.29 is 14.4 Å². The lowest BCUT2D eigenvalue weighted by Gasteiger charge is -2.14. The number of aromatic nitrogens is 3. The first-order valence-electron chi connectivity index (χ1n) is 6.82. The van der Waals surface area contributed by atoms with Gasteiger partial charge < -0.3 is 0 Å². The van der Waals surface area contributed by atoms with Gasteiger partial charge in [0.15, 0.2) is 0 Å². The number of hydrogen-bond acceptors (Lipinski definition) is 5. The fourth-order valence-corrected chi connectivity index (χ4v) is 2.76. The van der Waals surface area contributed by atoms with Crippen LogP contribution >= 0.6 is 0 Å². The third-order valence-electron chi connectivity index (χ3n) is 3.83. The number of allylic oxidation sites excluding steroid dienone is 2. The second-order valence-electron chi connectivity index (χ2n) is 5.12. The number of nitrogens with zero attached hydrogens (tertiary/aromatic N) is 3. The molecule has 0 radical (unpaired) electrons. The van der Waals surface area contributed by atoms with Gasteiger partial charge in [-0.05, 0) is 12.8 Å². The molecule has 1 aliphatic heterocycles. The van der Waals surface area contributed by atoms with Crippen molar-refractivity contribution in [3.05, 3.63) is 18.5 Å². The summed E-state index contributed by atoms with van der Waals surface area (Å²) in [5.74, 6) is -0.902. The Hall–Kier alpha value is -2.51. The van der Waals surface area contributed by atoms with Crippen LogP contribution in [0.1, 0.15) is 19.3 Å². The van der Waals surface area contributed by atoms with Crippen molar-refractivity contribution in [1.29, 1.82) is 0 Å². The predicted octanol–water partition coefficient (Wildman–Crippen LogP) is 0.0845. The average molecular weight is 289 g/mol. The van der Waals surface area contributed by atoms with Crippen LogP contribution in [0.2, 0.25) is 0 Å². The maximum Gasteiger partial charge on any atom is 0.233 e. The number of amides is 3. The van der Waals surface area contributed by atoms with E-state index in [1.807, 2.05) is 12.2 Å². The SMILES string of the molecule is O=C(CCN1C(=O)[C@H]2CC=CC[C@@H]2C1=O)Nc1ncn[nH]1. The molecule has 1 aliphatic carbocycles. The maximum absolute atomic E-state index is 12.2. The van der Waals surface area contributed by atoms with Crippen molar-refractivity contribution in [2.75, 3.05) is 11.9 Å². The lowest BCUT2D eigenvalue weighted by atomic mass is 9.85. The second-order valence-corrected chi connectivity index (χ2v) is 5.12. The molecule has 2 heterocycles. The first kappa shape index (κ1) is 13.5. The monoisotopic (exact) mass is 289 g/mol. The van der Waals surface area contributed by atoms with Crippen molar-refractivity contribution >= 4 is 23.7 Å². The van der Waals surface area contributed by atoms with Gasteiger partial charge in [-0.2, -0.15) is 10.1 Å². The minimum absolute atomic E-state index is 0.0467. The van der Waals surface area contributed by atoms with Crippen LogP contribution in [0.15, 0.2) is 18.5 Å². The number of carbonyl (C=O) groups excluding carboxylic acids is 3. The molecule has 2 atom stereocenters. The van der Waals surface area contributed by atoms with Gasteiger partial charge in [0.05, 0.1) is 11.8 Å². The molecule has 110 valence electrons. The summed E-state index contributed by atoms with van der Waals surface area (Å²) < 4.78 is 0. The summed E-state index contributed by atoms with van der Waals surface area (Å²) >= 11 is 0. The van der Waals surface area contributed by atoms with Gasteiger partial charge in [0.2, 0.25) is 23.7 Å². The van der Waals surface area contributed by atoms with E-state index in [-0.39, 0.29) is 48.5 Å². The van der Waals surface area contributed by atoms with Gasteiger partial charge in [0.25, 0.3) is 0 Å². The van der Waals surface area contributed by atoms with Crippen LogP contribution in [0, 0.1) is 11.8 Å². The van der Waals surface area contributed by atoms with Crippen molar-refractivity contribution in [2.24, 2.45) is 11.8 Å². The second kappa shape index (κ2) is 5.47. The number of carbonyl (C=O) groups is 3. The first-order chi connectivity index (χ1) is 10.2. The van der Waals surface area contributed by atoms with E-state index < -0.39 is 0 Å². The molecule has 8 heteroatoms. The van der Waals surface area contributed by atoms with Crippen LogP contribution in [0.4, 0.5) is 5.95 Å². The van der Waals surface area contributed by atoms with Crippen molar-refractivity contribution in [3.63, 3.8) is 0 Å². The number of likely N-dealkylation sites (tertiary alicyclic amines) is 1. The van der Waals surface area contributed by atoms with E-state index >= 15 is 0 Å². The minimum atomic E-state index is -0.319. The predicted molar refractivity (Wildman–Crippen MR) is 71.7 cm³/mol. The van der Waals surface area contributed by atoms with Crippen LogP contribution in [0.3, 0.4) is 0 Å². The van der Waals surface area contributed by atoms with Gasteiger partial charge >= 0.3 is 0 Å². The lowest BCUT2D eigenvalue weighted by molar-refractivity contribution is -0.140. The van der Waals surface area contributed by atoms with Crippen molar-refractivity contribution in [1.82, 2.24) is 20.1 Å². The van der Waals surface area contributed by atoms with Gasteiger partial charge in [-0.1, -0.05) is 12.2 Å². The quantitative estimate of drug-likeness (QED) is 0.603. The first-order valence-corrected chi connectivity index (χ1v) is 6.82. The summed E-state index contributed by atoms with van der Waals surface area (Å²) in [7, 11) is 0. The number of imide groups is 1. The highest BCUT2D eigenvalue weighted by molar-refractivity contribution is 6.05. The van der Waals surface area contributed by atoms with E-state index in [1.54, 1.807) is 0 Å². The fraction of sp³-hybridized carbons (Fsp3) is 0.462. The molecule has 1 saturated heterocycles. The van der Waals surface area contributed by atoms with E-state index in [2.05, 4.69) is 20.5 Å². The van der Waals surface area contributed by atoms with Crippen LogP contribution in [-0.4, -0.2) is 44.3 Å². The molecule has 1 fully saturated rings. The molecule has 3 amide bonds. The molecule has 1 aromatic rings. The van der Waals surface area contributed by atoms with Gasteiger partial charge in [-0.3, -0.25) is 24.6 Å². The largest absolute Gasteiger partial charge is 0.295 e. The Bertz CT molecular complexity index is 569. The third kappa shape index (κ3) is 2.56. The number of anilines is 1. The summed E-state index contributed by atoms with van der Waals surface area (Å²) in [6.07, 6.45) is 6.41. The molecule has 8 nitrogen and oxygen atoms in total. The number of H-pyrrole nitrogens is 1. The van der Waals surface area contributed by atoms with E-state index in [1.165, 1.54) is 11.2 Å². The van der Waals surface area contributed by atoms with Gasteiger partial charge in [-0.25, -0.2) is 5.10 Å². The summed E-state index contributed by atoms with van der Waals surface area (Å²) in [5.41, 5.74) is 0. The molecule has 3 rings (SSSR count).